The molecule has 3 aromatic rings. The van der Waals surface area contributed by atoms with E-state index in [1.807, 2.05) is 31.2 Å². The number of carbonyl (C=O) groups is 1. The van der Waals surface area contributed by atoms with Crippen molar-refractivity contribution in [3.05, 3.63) is 53.3 Å². The zero-order valence-electron chi connectivity index (χ0n) is 15.0. The Hall–Kier alpha value is -2.73. The second-order valence-corrected chi connectivity index (χ2v) is 7.17. The van der Waals surface area contributed by atoms with Crippen LogP contribution in [-0.4, -0.2) is 33.9 Å². The number of aromatic nitrogens is 3. The lowest BCUT2D eigenvalue weighted by Gasteiger charge is -2.32. The Labute approximate surface area is 162 Å². The molecule has 0 aliphatic carbocycles. The zero-order chi connectivity index (χ0) is 18.8. The van der Waals surface area contributed by atoms with E-state index in [4.69, 9.17) is 16.6 Å². The van der Waals surface area contributed by atoms with Crippen molar-refractivity contribution < 1.29 is 4.79 Å². The van der Waals surface area contributed by atoms with Crippen molar-refractivity contribution in [2.45, 2.75) is 19.8 Å². The quantitative estimate of drug-likeness (QED) is 0.746. The number of carbonyl (C=O) groups excluding carboxylic acids is 1. The van der Waals surface area contributed by atoms with E-state index in [1.54, 1.807) is 12.1 Å². The van der Waals surface area contributed by atoms with Gasteiger partial charge in [0.05, 0.1) is 21.7 Å². The second kappa shape index (κ2) is 7.48. The molecule has 6 nitrogen and oxygen atoms in total. The fourth-order valence-electron chi connectivity index (χ4n) is 3.41. The summed E-state index contributed by atoms with van der Waals surface area (Å²) in [5.41, 5.74) is 2.72. The maximum atomic E-state index is 12.5. The third-order valence-electron chi connectivity index (χ3n) is 4.86. The van der Waals surface area contributed by atoms with Crippen molar-refractivity contribution in [3.8, 4) is 0 Å². The molecule has 3 heterocycles. The molecule has 1 amide bonds. The predicted molar refractivity (Wildman–Crippen MR) is 107 cm³/mol. The SMILES string of the molecule is Cc1nc2ccccc2nc1N1CCC(C(=O)Nc2ccc(Cl)cn2)CC1. The summed E-state index contributed by atoms with van der Waals surface area (Å²) in [4.78, 5) is 28.3. The third-order valence-corrected chi connectivity index (χ3v) is 5.09. The summed E-state index contributed by atoms with van der Waals surface area (Å²) < 4.78 is 0. The topological polar surface area (TPSA) is 71.0 Å². The zero-order valence-corrected chi connectivity index (χ0v) is 15.8. The Bertz CT molecular complexity index is 968. The number of fused-ring (bicyclic) bond motifs is 1. The van der Waals surface area contributed by atoms with Crippen LogP contribution < -0.4 is 10.2 Å². The molecule has 1 aliphatic heterocycles. The molecule has 4 rings (SSSR count). The molecule has 0 bridgehead atoms. The van der Waals surface area contributed by atoms with E-state index in [2.05, 4.69) is 20.2 Å². The third kappa shape index (κ3) is 3.85. The molecule has 138 valence electrons. The molecule has 0 atom stereocenters. The maximum Gasteiger partial charge on any atom is 0.228 e. The Morgan fingerprint density at radius 1 is 1.11 bits per heavy atom. The minimum absolute atomic E-state index is 0.00536. The summed E-state index contributed by atoms with van der Waals surface area (Å²) in [5, 5.41) is 3.42. The van der Waals surface area contributed by atoms with Crippen LogP contribution in [0.25, 0.3) is 11.0 Å². The van der Waals surface area contributed by atoms with Crippen molar-refractivity contribution in [2.75, 3.05) is 23.3 Å². The number of nitrogens with zero attached hydrogens (tertiary/aromatic N) is 4. The highest BCUT2D eigenvalue weighted by Crippen LogP contribution is 2.26. The van der Waals surface area contributed by atoms with Crippen LogP contribution in [0.15, 0.2) is 42.6 Å². The van der Waals surface area contributed by atoms with Gasteiger partial charge in [0.25, 0.3) is 0 Å². The molecule has 0 saturated carbocycles. The Morgan fingerprint density at radius 3 is 2.48 bits per heavy atom. The van der Waals surface area contributed by atoms with E-state index in [0.29, 0.717) is 10.8 Å². The van der Waals surface area contributed by atoms with E-state index in [0.717, 1.165) is 48.5 Å². The number of pyridine rings is 1. The number of halogens is 1. The first-order valence-electron chi connectivity index (χ1n) is 9.01. The number of amides is 1. The fraction of sp³-hybridized carbons (Fsp3) is 0.300. The summed E-state index contributed by atoms with van der Waals surface area (Å²) >= 11 is 5.83. The van der Waals surface area contributed by atoms with Crippen LogP contribution in [0, 0.1) is 12.8 Å². The summed E-state index contributed by atoms with van der Waals surface area (Å²) in [6, 6.07) is 11.3. The maximum absolute atomic E-state index is 12.5. The molecule has 2 aromatic heterocycles. The average Bonchev–Trinajstić information content (AvgIpc) is 2.69. The number of piperidine rings is 1. The van der Waals surface area contributed by atoms with Gasteiger partial charge in [0.15, 0.2) is 5.82 Å². The smallest absolute Gasteiger partial charge is 0.228 e. The summed E-state index contributed by atoms with van der Waals surface area (Å²) in [5.74, 6) is 1.41. The number of anilines is 2. The molecule has 1 aliphatic rings. The lowest BCUT2D eigenvalue weighted by molar-refractivity contribution is -0.120. The number of aryl methyl sites for hydroxylation is 1. The van der Waals surface area contributed by atoms with Crippen molar-refractivity contribution in [1.82, 2.24) is 15.0 Å². The number of hydrogen-bond donors (Lipinski definition) is 1. The number of rotatable bonds is 3. The van der Waals surface area contributed by atoms with Gasteiger partial charge in [-0.05, 0) is 44.0 Å². The first-order chi connectivity index (χ1) is 13.1. The highest BCUT2D eigenvalue weighted by molar-refractivity contribution is 6.30. The number of para-hydroxylation sites is 2. The number of benzene rings is 1. The standard InChI is InChI=1S/C20H20ClN5O/c1-13-19(24-17-5-3-2-4-16(17)23-13)26-10-8-14(9-11-26)20(27)25-18-7-6-15(21)12-22-18/h2-7,12,14H,8-11H2,1H3,(H,22,25,27). The van der Waals surface area contributed by atoms with E-state index in [9.17, 15) is 4.79 Å². The second-order valence-electron chi connectivity index (χ2n) is 6.73. The monoisotopic (exact) mass is 381 g/mol. The largest absolute Gasteiger partial charge is 0.355 e. The van der Waals surface area contributed by atoms with Crippen LogP contribution in [-0.2, 0) is 4.79 Å². The first kappa shape index (κ1) is 17.7. The number of nitrogens with one attached hydrogen (secondary N) is 1. The minimum Gasteiger partial charge on any atom is -0.355 e. The minimum atomic E-state index is -0.0348. The van der Waals surface area contributed by atoms with Crippen LogP contribution in [0.4, 0.5) is 11.6 Å². The molecule has 7 heteroatoms. The van der Waals surface area contributed by atoms with Crippen LogP contribution in [0.5, 0.6) is 0 Å². The van der Waals surface area contributed by atoms with Gasteiger partial charge in [0.2, 0.25) is 5.91 Å². The van der Waals surface area contributed by atoms with Crippen molar-refractivity contribution in [2.24, 2.45) is 5.92 Å². The lowest BCUT2D eigenvalue weighted by Crippen LogP contribution is -2.39. The Kier molecular flexibility index (Phi) is 4.90. The van der Waals surface area contributed by atoms with Gasteiger partial charge in [0, 0.05) is 25.2 Å². The number of hydrogen-bond acceptors (Lipinski definition) is 5. The van der Waals surface area contributed by atoms with Gasteiger partial charge in [-0.3, -0.25) is 4.79 Å². The molecule has 0 spiro atoms. The van der Waals surface area contributed by atoms with Gasteiger partial charge in [-0.15, -0.1) is 0 Å². The van der Waals surface area contributed by atoms with Crippen LogP contribution in [0.3, 0.4) is 0 Å². The van der Waals surface area contributed by atoms with E-state index in [-0.39, 0.29) is 11.8 Å². The summed E-state index contributed by atoms with van der Waals surface area (Å²) in [6.45, 7) is 3.54. The molecule has 1 aromatic carbocycles. The molecule has 0 unspecified atom stereocenters. The predicted octanol–water partition coefficient (Wildman–Crippen LogP) is 3.84. The molecule has 1 saturated heterocycles. The Morgan fingerprint density at radius 2 is 1.81 bits per heavy atom. The highest BCUT2D eigenvalue weighted by atomic mass is 35.5. The summed E-state index contributed by atoms with van der Waals surface area (Å²) in [6.07, 6.45) is 3.07. The fourth-order valence-corrected chi connectivity index (χ4v) is 3.52. The van der Waals surface area contributed by atoms with Gasteiger partial charge >= 0.3 is 0 Å². The van der Waals surface area contributed by atoms with Gasteiger partial charge < -0.3 is 10.2 Å². The molecule has 1 fully saturated rings. The van der Waals surface area contributed by atoms with E-state index >= 15 is 0 Å². The average molecular weight is 382 g/mol. The van der Waals surface area contributed by atoms with Crippen molar-refractivity contribution in [3.63, 3.8) is 0 Å². The van der Waals surface area contributed by atoms with Gasteiger partial charge in [-0.25, -0.2) is 15.0 Å². The van der Waals surface area contributed by atoms with E-state index < -0.39 is 0 Å². The highest BCUT2D eigenvalue weighted by Gasteiger charge is 2.27. The summed E-state index contributed by atoms with van der Waals surface area (Å²) in [7, 11) is 0. The van der Waals surface area contributed by atoms with Gasteiger partial charge in [0.1, 0.15) is 5.82 Å². The van der Waals surface area contributed by atoms with Crippen LogP contribution in [0.1, 0.15) is 18.5 Å². The molecule has 0 radical (unpaired) electrons. The Balaban J connectivity index is 1.42. The van der Waals surface area contributed by atoms with Crippen molar-refractivity contribution in [1.29, 1.82) is 0 Å². The molecule has 27 heavy (non-hydrogen) atoms. The molecule has 1 N–H and O–H groups in total. The molecular weight excluding hydrogens is 362 g/mol. The van der Waals surface area contributed by atoms with Gasteiger partial charge in [-0.1, -0.05) is 23.7 Å². The molecular formula is C20H20ClN5O. The lowest BCUT2D eigenvalue weighted by atomic mass is 9.96. The normalized spacial score (nSPS) is 15.1. The van der Waals surface area contributed by atoms with Gasteiger partial charge in [-0.2, -0.15) is 0 Å². The van der Waals surface area contributed by atoms with Crippen LogP contribution in [0.2, 0.25) is 5.02 Å². The van der Waals surface area contributed by atoms with Crippen LogP contribution >= 0.6 is 11.6 Å². The first-order valence-corrected chi connectivity index (χ1v) is 9.39. The van der Waals surface area contributed by atoms with E-state index in [1.165, 1.54) is 6.20 Å². The van der Waals surface area contributed by atoms with Crippen molar-refractivity contribution >= 4 is 40.2 Å².